The fourth-order valence-corrected chi connectivity index (χ4v) is 3.85. The lowest BCUT2D eigenvalue weighted by molar-refractivity contribution is 0.0940. The maximum Gasteiger partial charge on any atom is 0.273 e. The van der Waals surface area contributed by atoms with Gasteiger partial charge < -0.3 is 10.6 Å². The van der Waals surface area contributed by atoms with Crippen LogP contribution in [-0.2, 0) is 12.8 Å². The highest BCUT2D eigenvalue weighted by molar-refractivity contribution is 5.94. The van der Waals surface area contributed by atoms with Gasteiger partial charge in [-0.25, -0.2) is 4.68 Å². The first-order valence-electron chi connectivity index (χ1n) is 11.8. The van der Waals surface area contributed by atoms with Crippen molar-refractivity contribution in [2.75, 3.05) is 6.54 Å². The zero-order chi connectivity index (χ0) is 23.0. The molecule has 0 spiro atoms. The number of hydrogen-bond acceptors (Lipinski definition) is 4. The molecule has 4 rings (SSSR count). The summed E-state index contributed by atoms with van der Waals surface area (Å²) in [6.07, 6.45) is 6.91. The predicted molar refractivity (Wildman–Crippen MR) is 128 cm³/mol. The summed E-state index contributed by atoms with van der Waals surface area (Å²) in [6.45, 7) is 2.47. The monoisotopic (exact) mass is 445 g/mol. The van der Waals surface area contributed by atoms with Crippen LogP contribution in [0.3, 0.4) is 0 Å². The lowest BCUT2D eigenvalue weighted by Gasteiger charge is -2.10. The van der Waals surface area contributed by atoms with Gasteiger partial charge in [-0.15, -0.1) is 5.10 Å². The Labute approximate surface area is 194 Å². The number of nitrogens with one attached hydrogen (secondary N) is 2. The Morgan fingerprint density at radius 1 is 0.939 bits per heavy atom. The van der Waals surface area contributed by atoms with Gasteiger partial charge in [0.15, 0.2) is 5.69 Å². The fraction of sp³-hybridized carbons (Fsp3) is 0.385. The number of aromatic nitrogens is 3. The Morgan fingerprint density at radius 2 is 1.67 bits per heavy atom. The van der Waals surface area contributed by atoms with Crippen molar-refractivity contribution >= 4 is 11.8 Å². The van der Waals surface area contributed by atoms with Crippen molar-refractivity contribution in [1.82, 2.24) is 25.6 Å². The molecule has 1 aliphatic carbocycles. The Balaban J connectivity index is 1.46. The van der Waals surface area contributed by atoms with Crippen LogP contribution in [0.25, 0.3) is 5.69 Å². The van der Waals surface area contributed by atoms with Gasteiger partial charge in [-0.05, 0) is 75.3 Å². The summed E-state index contributed by atoms with van der Waals surface area (Å²) >= 11 is 0. The van der Waals surface area contributed by atoms with Crippen molar-refractivity contribution in [2.45, 2.75) is 57.9 Å². The van der Waals surface area contributed by atoms with Gasteiger partial charge in [0.1, 0.15) is 0 Å². The molecule has 2 N–H and O–H groups in total. The molecule has 0 bridgehead atoms. The molecule has 172 valence electrons. The zero-order valence-corrected chi connectivity index (χ0v) is 19.1. The van der Waals surface area contributed by atoms with E-state index in [1.54, 1.807) is 16.8 Å². The summed E-state index contributed by atoms with van der Waals surface area (Å²) in [5.74, 6) is -0.257. The molecule has 1 heterocycles. The van der Waals surface area contributed by atoms with E-state index in [1.165, 1.54) is 5.56 Å². The number of benzene rings is 2. The van der Waals surface area contributed by atoms with E-state index >= 15 is 0 Å². The summed E-state index contributed by atoms with van der Waals surface area (Å²) < 4.78 is 1.74. The first kappa shape index (κ1) is 22.7. The molecule has 2 aromatic carbocycles. The second-order valence-electron chi connectivity index (χ2n) is 8.50. The normalized spacial score (nSPS) is 13.0. The number of unbranched alkanes of at least 4 members (excludes halogenated alkanes) is 2. The highest BCUT2D eigenvalue weighted by atomic mass is 16.2. The van der Waals surface area contributed by atoms with Gasteiger partial charge >= 0.3 is 0 Å². The van der Waals surface area contributed by atoms with Gasteiger partial charge in [-0.3, -0.25) is 9.59 Å². The van der Waals surface area contributed by atoms with Crippen LogP contribution >= 0.6 is 0 Å². The third-order valence-corrected chi connectivity index (χ3v) is 5.82. The van der Waals surface area contributed by atoms with Crippen LogP contribution in [0.15, 0.2) is 54.6 Å². The molecule has 0 atom stereocenters. The van der Waals surface area contributed by atoms with Crippen molar-refractivity contribution in [3.8, 4) is 5.69 Å². The Bertz CT molecular complexity index is 1070. The average molecular weight is 446 g/mol. The summed E-state index contributed by atoms with van der Waals surface area (Å²) in [7, 11) is 0. The number of carbonyl (C=O) groups is 2. The topological polar surface area (TPSA) is 88.9 Å². The molecular weight excluding hydrogens is 414 g/mol. The van der Waals surface area contributed by atoms with Crippen LogP contribution < -0.4 is 10.6 Å². The maximum absolute atomic E-state index is 12.8. The minimum Gasteiger partial charge on any atom is -0.352 e. The minimum absolute atomic E-state index is 0.106. The highest BCUT2D eigenvalue weighted by Gasteiger charge is 2.27. The van der Waals surface area contributed by atoms with Crippen LogP contribution in [0.1, 0.15) is 71.1 Å². The molecule has 0 radical (unpaired) electrons. The summed E-state index contributed by atoms with van der Waals surface area (Å²) in [5.41, 5.74) is 3.95. The highest BCUT2D eigenvalue weighted by Crippen LogP contribution is 2.21. The standard InChI is InChI=1S/C26H31N5O2/c1-2-27-25(32)20-13-17-22(18-14-20)31-23(24(29-30-31)26(33)28-21-15-16-21)12-8-4-7-11-19-9-5-3-6-10-19/h3,5-6,9-10,13-14,17-18,21H,2,4,7-8,11-12,15-16H2,1H3,(H,27,32)(H,28,33). The number of amides is 2. The Kier molecular flexibility index (Phi) is 7.50. The molecule has 0 saturated heterocycles. The van der Waals surface area contributed by atoms with Crippen molar-refractivity contribution < 1.29 is 9.59 Å². The molecule has 1 aromatic heterocycles. The van der Waals surface area contributed by atoms with Crippen LogP contribution in [-0.4, -0.2) is 39.4 Å². The number of carbonyl (C=O) groups excluding carboxylic acids is 2. The third-order valence-electron chi connectivity index (χ3n) is 5.82. The van der Waals surface area contributed by atoms with Crippen LogP contribution in [0, 0.1) is 0 Å². The van der Waals surface area contributed by atoms with Crippen LogP contribution in [0.2, 0.25) is 0 Å². The van der Waals surface area contributed by atoms with Gasteiger partial charge in [-0.1, -0.05) is 42.0 Å². The molecule has 1 fully saturated rings. The SMILES string of the molecule is CCNC(=O)c1ccc(-n2nnc(C(=O)NC3CC3)c2CCCCCc2ccccc2)cc1. The second kappa shape index (κ2) is 10.9. The van der Waals surface area contributed by atoms with E-state index in [1.807, 2.05) is 25.1 Å². The minimum atomic E-state index is -0.151. The molecular formula is C26H31N5O2. The van der Waals surface area contributed by atoms with E-state index in [0.717, 1.165) is 49.9 Å². The maximum atomic E-state index is 12.8. The summed E-state index contributed by atoms with van der Waals surface area (Å²) in [6, 6.07) is 18.0. The molecule has 1 saturated carbocycles. The smallest absolute Gasteiger partial charge is 0.273 e. The molecule has 0 aliphatic heterocycles. The van der Waals surface area contributed by atoms with Gasteiger partial charge in [0.05, 0.1) is 11.4 Å². The van der Waals surface area contributed by atoms with Gasteiger partial charge in [0.25, 0.3) is 11.8 Å². The molecule has 33 heavy (non-hydrogen) atoms. The number of hydrogen-bond donors (Lipinski definition) is 2. The van der Waals surface area contributed by atoms with Crippen molar-refractivity contribution in [1.29, 1.82) is 0 Å². The first-order chi connectivity index (χ1) is 16.2. The van der Waals surface area contributed by atoms with Gasteiger partial charge in [-0.2, -0.15) is 0 Å². The quantitative estimate of drug-likeness (QED) is 0.439. The Hall–Kier alpha value is -3.48. The average Bonchev–Trinajstić information content (AvgIpc) is 3.55. The van der Waals surface area contributed by atoms with E-state index in [2.05, 4.69) is 45.2 Å². The lowest BCUT2D eigenvalue weighted by Crippen LogP contribution is -2.27. The van der Waals surface area contributed by atoms with Crippen molar-refractivity contribution in [2.24, 2.45) is 0 Å². The largest absolute Gasteiger partial charge is 0.352 e. The van der Waals surface area contributed by atoms with Crippen LogP contribution in [0.4, 0.5) is 0 Å². The molecule has 3 aromatic rings. The van der Waals surface area contributed by atoms with Crippen molar-refractivity contribution in [3.05, 3.63) is 77.1 Å². The molecule has 2 amide bonds. The van der Waals surface area contributed by atoms with E-state index in [0.29, 0.717) is 24.2 Å². The lowest BCUT2D eigenvalue weighted by atomic mass is 10.0. The second-order valence-corrected chi connectivity index (χ2v) is 8.50. The third kappa shape index (κ3) is 6.06. The summed E-state index contributed by atoms with van der Waals surface area (Å²) in [5, 5.41) is 14.4. The zero-order valence-electron chi connectivity index (χ0n) is 19.1. The fourth-order valence-electron chi connectivity index (χ4n) is 3.85. The van der Waals surface area contributed by atoms with E-state index in [-0.39, 0.29) is 17.9 Å². The molecule has 1 aliphatic rings. The number of rotatable bonds is 11. The predicted octanol–water partition coefficient (Wildman–Crippen LogP) is 3.86. The van der Waals surface area contributed by atoms with Gasteiger partial charge in [0, 0.05) is 18.2 Å². The van der Waals surface area contributed by atoms with Crippen LogP contribution in [0.5, 0.6) is 0 Å². The van der Waals surface area contributed by atoms with E-state index in [9.17, 15) is 9.59 Å². The summed E-state index contributed by atoms with van der Waals surface area (Å²) in [4.78, 5) is 24.8. The van der Waals surface area contributed by atoms with E-state index < -0.39 is 0 Å². The Morgan fingerprint density at radius 3 is 2.36 bits per heavy atom. The number of nitrogens with zero attached hydrogens (tertiary/aromatic N) is 3. The number of aryl methyl sites for hydroxylation is 1. The van der Waals surface area contributed by atoms with Crippen molar-refractivity contribution in [3.63, 3.8) is 0 Å². The molecule has 0 unspecified atom stereocenters. The molecule has 7 heteroatoms. The molecule has 7 nitrogen and oxygen atoms in total. The first-order valence-corrected chi connectivity index (χ1v) is 11.8. The van der Waals surface area contributed by atoms with Gasteiger partial charge in [0.2, 0.25) is 0 Å². The van der Waals surface area contributed by atoms with E-state index in [4.69, 9.17) is 0 Å².